The number of aryl methyl sites for hydroxylation is 1. The summed E-state index contributed by atoms with van der Waals surface area (Å²) in [6, 6.07) is 24.5. The first kappa shape index (κ1) is 37.0. The van der Waals surface area contributed by atoms with Gasteiger partial charge in [0.2, 0.25) is 11.8 Å². The van der Waals surface area contributed by atoms with Crippen LogP contribution in [0.4, 0.5) is 5.69 Å². The molecule has 264 valence electrons. The van der Waals surface area contributed by atoms with Crippen molar-refractivity contribution in [2.75, 3.05) is 25.1 Å². The number of carbonyl (C=O) groups is 2. The molecule has 1 saturated carbocycles. The minimum Gasteiger partial charge on any atom is -0.493 e. The predicted molar refractivity (Wildman–Crippen MR) is 197 cm³/mol. The molecule has 9 nitrogen and oxygen atoms in total. The van der Waals surface area contributed by atoms with Crippen LogP contribution in [0.2, 0.25) is 10.0 Å². The summed E-state index contributed by atoms with van der Waals surface area (Å²) in [5.74, 6) is -0.339. The second kappa shape index (κ2) is 16.6. The van der Waals surface area contributed by atoms with Crippen LogP contribution >= 0.6 is 23.2 Å². The average Bonchev–Trinajstić information content (AvgIpc) is 3.63. The first-order valence-corrected chi connectivity index (χ1v) is 18.6. The van der Waals surface area contributed by atoms with E-state index in [1.807, 2.05) is 37.3 Å². The highest BCUT2D eigenvalue weighted by Crippen LogP contribution is 2.33. The Morgan fingerprint density at radius 3 is 2.20 bits per heavy atom. The van der Waals surface area contributed by atoms with E-state index in [0.717, 1.165) is 41.1 Å². The highest BCUT2D eigenvalue weighted by Gasteiger charge is 2.36. The van der Waals surface area contributed by atoms with Gasteiger partial charge >= 0.3 is 0 Å². The van der Waals surface area contributed by atoms with Crippen molar-refractivity contribution in [1.82, 2.24) is 10.2 Å². The number of anilines is 1. The molecule has 0 radical (unpaired) electrons. The third kappa shape index (κ3) is 8.91. The quantitative estimate of drug-likeness (QED) is 0.147. The molecule has 0 aliphatic heterocycles. The summed E-state index contributed by atoms with van der Waals surface area (Å²) >= 11 is 12.8. The van der Waals surface area contributed by atoms with E-state index in [4.69, 9.17) is 32.7 Å². The molecule has 4 aromatic carbocycles. The van der Waals surface area contributed by atoms with Gasteiger partial charge in [-0.3, -0.25) is 13.9 Å². The van der Waals surface area contributed by atoms with Gasteiger partial charge in [0, 0.05) is 35.1 Å². The number of benzene rings is 4. The van der Waals surface area contributed by atoms with Crippen LogP contribution in [0.5, 0.6) is 11.5 Å². The van der Waals surface area contributed by atoms with E-state index in [1.54, 1.807) is 42.5 Å². The molecule has 1 aliphatic carbocycles. The number of hydrogen-bond donors (Lipinski definition) is 1. The number of nitrogens with zero attached hydrogens (tertiary/aromatic N) is 2. The minimum atomic E-state index is -4.36. The van der Waals surface area contributed by atoms with Crippen LogP contribution < -0.4 is 19.1 Å². The molecule has 0 spiro atoms. The number of amides is 2. The van der Waals surface area contributed by atoms with Gasteiger partial charge in [0.15, 0.2) is 11.5 Å². The van der Waals surface area contributed by atoms with Crippen molar-refractivity contribution >= 4 is 50.7 Å². The number of sulfonamides is 1. The SMILES string of the molecule is COc1ccc(S(=O)(=O)N(CC(=O)N(Cc2ccc(Cl)cc2Cl)[C@H](Cc2ccccc2)C(=O)NC2CCCC2)c2ccc(C)cc2)cc1OC. The van der Waals surface area contributed by atoms with E-state index in [0.29, 0.717) is 21.4 Å². The maximum Gasteiger partial charge on any atom is 0.264 e. The summed E-state index contributed by atoms with van der Waals surface area (Å²) in [4.78, 5) is 30.3. The number of ether oxygens (including phenoxy) is 2. The highest BCUT2D eigenvalue weighted by molar-refractivity contribution is 7.92. The number of halogens is 2. The summed E-state index contributed by atoms with van der Waals surface area (Å²) in [5.41, 5.74) is 2.58. The third-order valence-electron chi connectivity index (χ3n) is 8.87. The molecule has 5 rings (SSSR count). The zero-order valence-electron chi connectivity index (χ0n) is 28.3. The lowest BCUT2D eigenvalue weighted by Crippen LogP contribution is -2.54. The van der Waals surface area contributed by atoms with Crippen molar-refractivity contribution in [1.29, 1.82) is 0 Å². The molecule has 2 amide bonds. The number of carbonyl (C=O) groups excluding carboxylic acids is 2. The van der Waals surface area contributed by atoms with Crippen LogP contribution in [0, 0.1) is 6.92 Å². The Morgan fingerprint density at radius 2 is 1.56 bits per heavy atom. The molecule has 0 bridgehead atoms. The van der Waals surface area contributed by atoms with Gasteiger partial charge in [-0.2, -0.15) is 0 Å². The molecule has 12 heteroatoms. The van der Waals surface area contributed by atoms with E-state index < -0.39 is 28.5 Å². The van der Waals surface area contributed by atoms with E-state index in [1.165, 1.54) is 37.3 Å². The minimum absolute atomic E-state index is 0.00803. The number of nitrogens with one attached hydrogen (secondary N) is 1. The molecule has 0 unspecified atom stereocenters. The van der Waals surface area contributed by atoms with Crippen molar-refractivity contribution in [2.45, 2.75) is 62.6 Å². The van der Waals surface area contributed by atoms with E-state index in [9.17, 15) is 18.0 Å². The van der Waals surface area contributed by atoms with Crippen molar-refractivity contribution in [3.63, 3.8) is 0 Å². The van der Waals surface area contributed by atoms with Crippen LogP contribution in [-0.4, -0.2) is 58.0 Å². The zero-order chi connectivity index (χ0) is 35.8. The van der Waals surface area contributed by atoms with Crippen LogP contribution in [-0.2, 0) is 32.6 Å². The van der Waals surface area contributed by atoms with Crippen molar-refractivity contribution in [3.05, 3.63) is 118 Å². The molecule has 1 fully saturated rings. The summed E-state index contributed by atoms with van der Waals surface area (Å²) in [6.45, 7) is 1.21. The lowest BCUT2D eigenvalue weighted by molar-refractivity contribution is -0.140. The summed E-state index contributed by atoms with van der Waals surface area (Å²) in [5, 5.41) is 3.91. The smallest absolute Gasteiger partial charge is 0.264 e. The largest absolute Gasteiger partial charge is 0.493 e. The van der Waals surface area contributed by atoms with Gasteiger partial charge in [0.05, 0.1) is 24.8 Å². The van der Waals surface area contributed by atoms with Crippen molar-refractivity contribution in [3.8, 4) is 11.5 Å². The molecule has 0 aromatic heterocycles. The van der Waals surface area contributed by atoms with Crippen molar-refractivity contribution in [2.24, 2.45) is 0 Å². The Labute approximate surface area is 304 Å². The van der Waals surface area contributed by atoms with Gasteiger partial charge in [-0.05, 0) is 67.3 Å². The first-order chi connectivity index (χ1) is 24.0. The Morgan fingerprint density at radius 1 is 0.880 bits per heavy atom. The second-order valence-electron chi connectivity index (χ2n) is 12.3. The first-order valence-electron chi connectivity index (χ1n) is 16.4. The molecule has 4 aromatic rings. The maximum atomic E-state index is 14.8. The topological polar surface area (TPSA) is 105 Å². The van der Waals surface area contributed by atoms with E-state index in [-0.39, 0.29) is 41.2 Å². The Balaban J connectivity index is 1.60. The molecular weight excluding hydrogens is 697 g/mol. The lowest BCUT2D eigenvalue weighted by atomic mass is 10.0. The van der Waals surface area contributed by atoms with Gasteiger partial charge < -0.3 is 19.7 Å². The summed E-state index contributed by atoms with van der Waals surface area (Å²) in [7, 11) is -1.48. The normalized spacial score (nSPS) is 13.8. The fraction of sp³-hybridized carbons (Fsp3) is 0.316. The number of hydrogen-bond acceptors (Lipinski definition) is 6. The molecule has 1 aliphatic rings. The predicted octanol–water partition coefficient (Wildman–Crippen LogP) is 7.21. The molecule has 1 atom stereocenters. The van der Waals surface area contributed by atoms with E-state index in [2.05, 4.69) is 5.32 Å². The maximum absolute atomic E-state index is 14.8. The van der Waals surface area contributed by atoms with Gasteiger partial charge in [-0.1, -0.05) is 90.1 Å². The molecule has 1 N–H and O–H groups in total. The zero-order valence-corrected chi connectivity index (χ0v) is 30.6. The Kier molecular flexibility index (Phi) is 12.3. The Hall–Kier alpha value is -4.25. The average molecular weight is 739 g/mol. The Bertz CT molecular complexity index is 1900. The molecular formula is C38H41Cl2N3O6S. The second-order valence-corrected chi connectivity index (χ2v) is 15.0. The van der Waals surface area contributed by atoms with Crippen LogP contribution in [0.3, 0.4) is 0 Å². The summed E-state index contributed by atoms with van der Waals surface area (Å²) in [6.07, 6.45) is 3.92. The molecule has 50 heavy (non-hydrogen) atoms. The fourth-order valence-corrected chi connectivity index (χ4v) is 8.00. The van der Waals surface area contributed by atoms with Gasteiger partial charge in [0.1, 0.15) is 12.6 Å². The van der Waals surface area contributed by atoms with Crippen LogP contribution in [0.1, 0.15) is 42.4 Å². The van der Waals surface area contributed by atoms with Crippen LogP contribution in [0.25, 0.3) is 0 Å². The summed E-state index contributed by atoms with van der Waals surface area (Å²) < 4.78 is 40.7. The van der Waals surface area contributed by atoms with Gasteiger partial charge in [-0.15, -0.1) is 0 Å². The van der Waals surface area contributed by atoms with E-state index >= 15 is 0 Å². The number of methoxy groups -OCH3 is 2. The van der Waals surface area contributed by atoms with Gasteiger partial charge in [0.25, 0.3) is 10.0 Å². The van der Waals surface area contributed by atoms with Crippen LogP contribution in [0.15, 0.2) is 95.9 Å². The monoisotopic (exact) mass is 737 g/mol. The van der Waals surface area contributed by atoms with Gasteiger partial charge in [-0.25, -0.2) is 8.42 Å². The third-order valence-corrected chi connectivity index (χ3v) is 11.2. The highest BCUT2D eigenvalue weighted by atomic mass is 35.5. The molecule has 0 saturated heterocycles. The standard InChI is InChI=1S/C38H41Cl2N3O6S/c1-26-13-17-31(18-14-26)43(50(46,47)32-19-20-35(48-2)36(23-32)49-3)25-37(44)42(24-28-15-16-29(39)22-33(28)40)34(21-27-9-5-4-6-10-27)38(45)41-30-11-7-8-12-30/h4-6,9-10,13-20,22-23,30,34H,7-8,11-12,21,24-25H2,1-3H3,(H,41,45)/t34-/m1/s1. The molecule has 0 heterocycles. The van der Waals surface area contributed by atoms with Crippen molar-refractivity contribution < 1.29 is 27.5 Å². The lowest BCUT2D eigenvalue weighted by Gasteiger charge is -2.34. The number of rotatable bonds is 14. The fourth-order valence-electron chi connectivity index (χ4n) is 6.10.